The van der Waals surface area contributed by atoms with E-state index in [2.05, 4.69) is 45.0 Å². The zero-order valence-electron chi connectivity index (χ0n) is 11.6. The molecule has 2 rings (SSSR count). The van der Waals surface area contributed by atoms with Gasteiger partial charge in [0, 0.05) is 5.38 Å². The second-order valence-corrected chi connectivity index (χ2v) is 6.91. The summed E-state index contributed by atoms with van der Waals surface area (Å²) in [6, 6.07) is 8.66. The van der Waals surface area contributed by atoms with E-state index in [1.807, 2.05) is 0 Å². The van der Waals surface area contributed by atoms with E-state index < -0.39 is 0 Å². The Bertz CT molecular complexity index is 398. The molecule has 0 radical (unpaired) electrons. The Labute approximate surface area is 115 Å². The van der Waals surface area contributed by atoms with E-state index in [1.165, 1.54) is 11.1 Å². The summed E-state index contributed by atoms with van der Waals surface area (Å²) < 4.78 is 5.98. The topological polar surface area (TPSA) is 9.23 Å². The molecule has 2 atom stereocenters. The largest absolute Gasteiger partial charge is 0.373 e. The maximum absolute atomic E-state index is 6.14. The van der Waals surface area contributed by atoms with Gasteiger partial charge in [0.25, 0.3) is 0 Å². The van der Waals surface area contributed by atoms with Gasteiger partial charge in [-0.2, -0.15) is 0 Å². The summed E-state index contributed by atoms with van der Waals surface area (Å²) in [6.07, 6.45) is 3.34. The summed E-state index contributed by atoms with van der Waals surface area (Å²) in [5.41, 5.74) is 3.04. The van der Waals surface area contributed by atoms with Crippen molar-refractivity contribution in [2.45, 2.75) is 51.5 Å². The normalized spacial score (nSPS) is 21.4. The number of hydrogen-bond donors (Lipinski definition) is 0. The van der Waals surface area contributed by atoms with Gasteiger partial charge in [0.15, 0.2) is 0 Å². The van der Waals surface area contributed by atoms with Gasteiger partial charge in [0.2, 0.25) is 0 Å². The predicted molar refractivity (Wildman–Crippen MR) is 77.2 cm³/mol. The summed E-state index contributed by atoms with van der Waals surface area (Å²) in [5, 5.41) is 0.221. The van der Waals surface area contributed by atoms with Crippen LogP contribution >= 0.6 is 11.6 Å². The molecular weight excluding hydrogens is 244 g/mol. The van der Waals surface area contributed by atoms with E-state index in [9.17, 15) is 0 Å². The molecule has 1 aliphatic heterocycles. The molecule has 0 bridgehead atoms. The SMILES string of the molecule is CC(Cl)CC(C)(C)CC1OCCc2ccccc21. The first-order valence-electron chi connectivity index (χ1n) is 6.81. The maximum atomic E-state index is 6.14. The molecule has 0 saturated heterocycles. The van der Waals surface area contributed by atoms with Crippen molar-refractivity contribution in [2.75, 3.05) is 6.61 Å². The third-order valence-electron chi connectivity index (χ3n) is 3.66. The number of rotatable bonds is 4. The molecular formula is C16H23ClO. The fraction of sp³-hybridized carbons (Fsp3) is 0.625. The Morgan fingerprint density at radius 3 is 2.83 bits per heavy atom. The number of hydrogen-bond acceptors (Lipinski definition) is 1. The first kappa shape index (κ1) is 13.9. The Kier molecular flexibility index (Phi) is 4.34. The summed E-state index contributed by atoms with van der Waals surface area (Å²) in [5.74, 6) is 0. The van der Waals surface area contributed by atoms with Crippen LogP contribution in [-0.2, 0) is 11.2 Å². The number of fused-ring (bicyclic) bond motifs is 1. The molecule has 0 saturated carbocycles. The highest BCUT2D eigenvalue weighted by Crippen LogP contribution is 2.39. The van der Waals surface area contributed by atoms with Crippen LogP contribution in [0.15, 0.2) is 24.3 Å². The van der Waals surface area contributed by atoms with Crippen LogP contribution in [0.3, 0.4) is 0 Å². The minimum Gasteiger partial charge on any atom is -0.373 e. The van der Waals surface area contributed by atoms with Crippen molar-refractivity contribution < 1.29 is 4.74 Å². The average Bonchev–Trinajstić information content (AvgIpc) is 2.27. The summed E-state index contributed by atoms with van der Waals surface area (Å²) >= 11 is 6.14. The van der Waals surface area contributed by atoms with Crippen LogP contribution in [0.4, 0.5) is 0 Å². The van der Waals surface area contributed by atoms with Crippen molar-refractivity contribution in [2.24, 2.45) is 5.41 Å². The van der Waals surface area contributed by atoms with Crippen LogP contribution in [0, 0.1) is 5.41 Å². The molecule has 0 amide bonds. The van der Waals surface area contributed by atoms with E-state index in [-0.39, 0.29) is 16.9 Å². The van der Waals surface area contributed by atoms with Crippen molar-refractivity contribution in [1.82, 2.24) is 0 Å². The molecule has 0 fully saturated rings. The zero-order chi connectivity index (χ0) is 13.2. The number of alkyl halides is 1. The van der Waals surface area contributed by atoms with Crippen LogP contribution in [0.25, 0.3) is 0 Å². The second kappa shape index (κ2) is 5.63. The fourth-order valence-corrected chi connectivity index (χ4v) is 3.41. The molecule has 0 aliphatic carbocycles. The van der Waals surface area contributed by atoms with Crippen LogP contribution in [-0.4, -0.2) is 12.0 Å². The minimum absolute atomic E-state index is 0.219. The number of benzene rings is 1. The highest BCUT2D eigenvalue weighted by atomic mass is 35.5. The lowest BCUT2D eigenvalue weighted by atomic mass is 9.79. The molecule has 2 unspecified atom stereocenters. The van der Waals surface area contributed by atoms with Crippen molar-refractivity contribution in [3.63, 3.8) is 0 Å². The molecule has 0 aromatic heterocycles. The van der Waals surface area contributed by atoms with Gasteiger partial charge in [-0.25, -0.2) is 0 Å². The van der Waals surface area contributed by atoms with Gasteiger partial charge in [0.1, 0.15) is 0 Å². The molecule has 1 aliphatic rings. The second-order valence-electron chi connectivity index (χ2n) is 6.16. The average molecular weight is 267 g/mol. The molecule has 0 N–H and O–H groups in total. The van der Waals surface area contributed by atoms with Gasteiger partial charge >= 0.3 is 0 Å². The van der Waals surface area contributed by atoms with Crippen LogP contribution in [0.1, 0.15) is 50.8 Å². The number of halogens is 1. The standard InChI is InChI=1S/C16H23ClO/c1-12(17)10-16(2,3)11-15-14-7-5-4-6-13(14)8-9-18-15/h4-7,12,15H,8-11H2,1-3H3. The van der Waals surface area contributed by atoms with Gasteiger partial charge in [0.05, 0.1) is 12.7 Å². The molecule has 2 heteroatoms. The lowest BCUT2D eigenvalue weighted by molar-refractivity contribution is 0.0105. The molecule has 100 valence electrons. The van der Waals surface area contributed by atoms with Crippen molar-refractivity contribution in [3.8, 4) is 0 Å². The van der Waals surface area contributed by atoms with Gasteiger partial charge in [-0.3, -0.25) is 0 Å². The molecule has 1 nitrogen and oxygen atoms in total. The van der Waals surface area contributed by atoms with Gasteiger partial charge < -0.3 is 4.74 Å². The summed E-state index contributed by atoms with van der Waals surface area (Å²) in [6.45, 7) is 7.48. The zero-order valence-corrected chi connectivity index (χ0v) is 12.3. The maximum Gasteiger partial charge on any atom is 0.0832 e. The first-order chi connectivity index (χ1) is 8.48. The smallest absolute Gasteiger partial charge is 0.0832 e. The Morgan fingerprint density at radius 1 is 1.39 bits per heavy atom. The van der Waals surface area contributed by atoms with Gasteiger partial charge in [-0.05, 0) is 42.7 Å². The Balaban J connectivity index is 2.11. The number of ether oxygens (including phenoxy) is 1. The van der Waals surface area contributed by atoms with Crippen molar-refractivity contribution >= 4 is 11.6 Å². The van der Waals surface area contributed by atoms with E-state index in [1.54, 1.807) is 0 Å². The molecule has 1 heterocycles. The Morgan fingerprint density at radius 2 is 2.11 bits per heavy atom. The van der Waals surface area contributed by atoms with E-state index in [0.29, 0.717) is 0 Å². The van der Waals surface area contributed by atoms with Crippen molar-refractivity contribution in [3.05, 3.63) is 35.4 Å². The highest BCUT2D eigenvalue weighted by Gasteiger charge is 2.29. The van der Waals surface area contributed by atoms with Crippen molar-refractivity contribution in [1.29, 1.82) is 0 Å². The third-order valence-corrected chi connectivity index (χ3v) is 3.82. The molecule has 1 aromatic rings. The lowest BCUT2D eigenvalue weighted by Crippen LogP contribution is -2.24. The molecule has 18 heavy (non-hydrogen) atoms. The van der Waals surface area contributed by atoms with Crippen LogP contribution in [0.2, 0.25) is 0 Å². The van der Waals surface area contributed by atoms with E-state index in [4.69, 9.17) is 16.3 Å². The van der Waals surface area contributed by atoms with E-state index >= 15 is 0 Å². The quantitative estimate of drug-likeness (QED) is 0.716. The summed E-state index contributed by atoms with van der Waals surface area (Å²) in [4.78, 5) is 0. The van der Waals surface area contributed by atoms with Crippen LogP contribution in [0.5, 0.6) is 0 Å². The predicted octanol–water partition coefficient (Wildman–Crippen LogP) is 4.73. The highest BCUT2D eigenvalue weighted by molar-refractivity contribution is 6.20. The monoisotopic (exact) mass is 266 g/mol. The first-order valence-corrected chi connectivity index (χ1v) is 7.25. The lowest BCUT2D eigenvalue weighted by Gasteiger charge is -2.34. The van der Waals surface area contributed by atoms with E-state index in [0.717, 1.165) is 25.9 Å². The minimum atomic E-state index is 0.219. The molecule has 1 aromatic carbocycles. The Hall–Kier alpha value is -0.530. The molecule has 0 spiro atoms. The summed E-state index contributed by atoms with van der Waals surface area (Å²) in [7, 11) is 0. The third kappa shape index (κ3) is 3.49. The van der Waals surface area contributed by atoms with Gasteiger partial charge in [-0.1, -0.05) is 38.1 Å². The fourth-order valence-electron chi connectivity index (χ4n) is 2.99. The van der Waals surface area contributed by atoms with Crippen LogP contribution < -0.4 is 0 Å². The van der Waals surface area contributed by atoms with Gasteiger partial charge in [-0.15, -0.1) is 11.6 Å².